The molecule has 0 N–H and O–H groups in total. The van der Waals surface area contributed by atoms with E-state index < -0.39 is 0 Å². The number of carbonyl (C=O) groups is 2. The molecule has 0 saturated carbocycles. The summed E-state index contributed by atoms with van der Waals surface area (Å²) in [6, 6.07) is 32.4. The summed E-state index contributed by atoms with van der Waals surface area (Å²) in [6.07, 6.45) is 7.85. The molecule has 4 aromatic carbocycles. The maximum atomic E-state index is 12.9. The molecule has 2 heterocycles. The van der Waals surface area contributed by atoms with Crippen LogP contribution in [0.4, 0.5) is 5.69 Å². The van der Waals surface area contributed by atoms with Gasteiger partial charge >= 0.3 is 0 Å². The average Bonchev–Trinajstić information content (AvgIpc) is 3.63. The van der Waals surface area contributed by atoms with Gasteiger partial charge in [0.25, 0.3) is 11.8 Å². The Morgan fingerprint density at radius 3 is 1.77 bits per heavy atom. The highest BCUT2D eigenvalue weighted by Gasteiger charge is 2.46. The third kappa shape index (κ3) is 3.58. The summed E-state index contributed by atoms with van der Waals surface area (Å²) in [4.78, 5) is 31.9. The minimum absolute atomic E-state index is 0.259. The normalized spacial score (nSPS) is 14.8. The molecule has 0 bridgehead atoms. The summed E-state index contributed by atoms with van der Waals surface area (Å²) in [5.74, 6) is 0.560. The Labute approximate surface area is 233 Å². The number of carbonyl (C=O) groups excluding carboxylic acids is 2. The predicted molar refractivity (Wildman–Crippen MR) is 157 cm³/mol. The zero-order valence-corrected chi connectivity index (χ0v) is 22.4. The maximum absolute atomic E-state index is 12.9. The first-order valence-electron chi connectivity index (χ1n) is 13.8. The first kappa shape index (κ1) is 24.3. The first-order chi connectivity index (χ1) is 19.6. The standard InChI is InChI=1S/C35H29N3O2/c1-37-23-22-36-34(37)35(30-15-6-4-11-26(30)27-12-5-7-16-31(27)35)21-9-8-10-24-17-19-25(20-18-24)38-32(39)28-13-2-3-14-29(28)33(38)40/h2-7,11-20,22-23H,8-10,21H2,1H3. The second-order valence-electron chi connectivity index (χ2n) is 10.7. The van der Waals surface area contributed by atoms with Crippen molar-refractivity contribution in [1.29, 1.82) is 0 Å². The van der Waals surface area contributed by atoms with Crippen molar-refractivity contribution in [2.24, 2.45) is 7.05 Å². The molecule has 0 spiro atoms. The monoisotopic (exact) mass is 523 g/mol. The molecule has 0 radical (unpaired) electrons. The maximum Gasteiger partial charge on any atom is 0.266 e. The lowest BCUT2D eigenvalue weighted by atomic mass is 9.73. The van der Waals surface area contributed by atoms with Crippen LogP contribution in [0.2, 0.25) is 0 Å². The highest BCUT2D eigenvalue weighted by molar-refractivity contribution is 6.34. The van der Waals surface area contributed by atoms with E-state index in [0.717, 1.165) is 31.5 Å². The fourth-order valence-electron chi connectivity index (χ4n) is 6.68. The van der Waals surface area contributed by atoms with Gasteiger partial charge < -0.3 is 4.57 Å². The van der Waals surface area contributed by atoms with E-state index in [1.165, 1.54) is 32.7 Å². The van der Waals surface area contributed by atoms with Gasteiger partial charge in [-0.25, -0.2) is 9.88 Å². The van der Waals surface area contributed by atoms with Gasteiger partial charge in [-0.1, -0.05) is 79.2 Å². The third-order valence-electron chi connectivity index (χ3n) is 8.52. The summed E-state index contributed by atoms with van der Waals surface area (Å²) >= 11 is 0. The van der Waals surface area contributed by atoms with Crippen LogP contribution in [0.15, 0.2) is 109 Å². The Morgan fingerprint density at radius 2 is 1.23 bits per heavy atom. The van der Waals surface area contributed by atoms with E-state index in [1.807, 2.05) is 36.7 Å². The van der Waals surface area contributed by atoms with Gasteiger partial charge in [-0.05, 0) is 71.3 Å². The number of imide groups is 1. The number of unbranched alkanes of at least 4 members (excludes halogenated alkanes) is 1. The molecule has 5 aromatic rings. The molecule has 0 unspecified atom stereocenters. The van der Waals surface area contributed by atoms with E-state index in [2.05, 4.69) is 60.1 Å². The van der Waals surface area contributed by atoms with Gasteiger partial charge in [0.1, 0.15) is 5.82 Å². The van der Waals surface area contributed by atoms with Crippen LogP contribution in [-0.2, 0) is 18.9 Å². The van der Waals surface area contributed by atoms with Gasteiger partial charge in [0, 0.05) is 19.4 Å². The number of rotatable bonds is 7. The van der Waals surface area contributed by atoms with E-state index >= 15 is 0 Å². The van der Waals surface area contributed by atoms with E-state index in [9.17, 15) is 9.59 Å². The number of fused-ring (bicyclic) bond motifs is 4. The molecule has 0 fully saturated rings. The number of benzene rings is 4. The zero-order valence-electron chi connectivity index (χ0n) is 22.4. The van der Waals surface area contributed by atoms with Crippen molar-refractivity contribution in [2.75, 3.05) is 4.90 Å². The zero-order chi connectivity index (χ0) is 27.3. The van der Waals surface area contributed by atoms with Gasteiger partial charge in [0.2, 0.25) is 0 Å². The van der Waals surface area contributed by atoms with Crippen molar-refractivity contribution in [3.05, 3.63) is 143 Å². The minimum Gasteiger partial charge on any atom is -0.337 e. The summed E-state index contributed by atoms with van der Waals surface area (Å²) in [6.45, 7) is 0. The van der Waals surface area contributed by atoms with Crippen LogP contribution >= 0.6 is 0 Å². The second-order valence-corrected chi connectivity index (χ2v) is 10.7. The van der Waals surface area contributed by atoms with Gasteiger partial charge in [-0.2, -0.15) is 0 Å². The quantitative estimate of drug-likeness (QED) is 0.171. The molecular weight excluding hydrogens is 494 g/mol. The van der Waals surface area contributed by atoms with Gasteiger partial charge in [-0.15, -0.1) is 0 Å². The third-order valence-corrected chi connectivity index (χ3v) is 8.52. The Balaban J connectivity index is 1.10. The van der Waals surface area contributed by atoms with Gasteiger partial charge in [0.15, 0.2) is 0 Å². The van der Waals surface area contributed by atoms with Crippen molar-refractivity contribution in [3.63, 3.8) is 0 Å². The number of hydrogen-bond acceptors (Lipinski definition) is 3. The molecular formula is C35H29N3O2. The number of imidazole rings is 1. The SMILES string of the molecule is Cn1ccnc1C1(CCCCc2ccc(N3C(=O)c4ccccc4C3=O)cc2)c2ccccc2-c2ccccc21. The lowest BCUT2D eigenvalue weighted by Crippen LogP contribution is -2.30. The van der Waals surface area contributed by atoms with Gasteiger partial charge in [-0.3, -0.25) is 9.59 Å². The van der Waals surface area contributed by atoms with E-state index in [-0.39, 0.29) is 17.2 Å². The van der Waals surface area contributed by atoms with Crippen molar-refractivity contribution in [2.45, 2.75) is 31.1 Å². The Bertz CT molecular complexity index is 1690. The van der Waals surface area contributed by atoms with Crippen LogP contribution in [0.25, 0.3) is 11.1 Å². The lowest BCUT2D eigenvalue weighted by Gasteiger charge is -2.32. The van der Waals surface area contributed by atoms with Crippen LogP contribution in [-0.4, -0.2) is 21.4 Å². The molecule has 1 aromatic heterocycles. The van der Waals surface area contributed by atoms with Crippen LogP contribution in [0, 0.1) is 0 Å². The smallest absolute Gasteiger partial charge is 0.266 e. The molecule has 0 saturated heterocycles. The molecule has 5 heteroatoms. The van der Waals surface area contributed by atoms with Crippen molar-refractivity contribution in [1.82, 2.24) is 9.55 Å². The fraction of sp³-hybridized carbons (Fsp3) is 0.171. The number of hydrogen-bond donors (Lipinski definition) is 0. The molecule has 2 amide bonds. The molecule has 1 aliphatic heterocycles. The molecule has 2 aliphatic rings. The molecule has 7 rings (SSSR count). The number of aryl methyl sites for hydroxylation is 2. The fourth-order valence-corrected chi connectivity index (χ4v) is 6.68. The van der Waals surface area contributed by atoms with E-state index in [0.29, 0.717) is 16.8 Å². The molecule has 196 valence electrons. The van der Waals surface area contributed by atoms with E-state index in [4.69, 9.17) is 4.98 Å². The van der Waals surface area contributed by atoms with Crippen LogP contribution in [0.3, 0.4) is 0 Å². The highest BCUT2D eigenvalue weighted by atomic mass is 16.2. The summed E-state index contributed by atoms with van der Waals surface area (Å²) in [5.41, 5.74) is 7.70. The Hall–Kier alpha value is -4.77. The number of anilines is 1. The number of nitrogens with zero attached hydrogens (tertiary/aromatic N) is 3. The Kier molecular flexibility index (Phi) is 5.74. The second kappa shape index (κ2) is 9.45. The number of aromatic nitrogens is 2. The van der Waals surface area contributed by atoms with Gasteiger partial charge in [0.05, 0.1) is 22.2 Å². The van der Waals surface area contributed by atoms with Crippen molar-refractivity contribution in [3.8, 4) is 11.1 Å². The molecule has 0 atom stereocenters. The minimum atomic E-state index is -0.291. The number of amides is 2. The van der Waals surface area contributed by atoms with Crippen LogP contribution in [0.1, 0.15) is 62.5 Å². The summed E-state index contributed by atoms with van der Waals surface area (Å²) in [7, 11) is 2.09. The van der Waals surface area contributed by atoms with Crippen LogP contribution in [0.5, 0.6) is 0 Å². The predicted octanol–water partition coefficient (Wildman–Crippen LogP) is 6.95. The first-order valence-corrected chi connectivity index (χ1v) is 13.8. The summed E-state index contributed by atoms with van der Waals surface area (Å²) in [5, 5.41) is 0. The summed E-state index contributed by atoms with van der Waals surface area (Å²) < 4.78 is 2.16. The van der Waals surface area contributed by atoms with Crippen molar-refractivity contribution < 1.29 is 9.59 Å². The van der Waals surface area contributed by atoms with Crippen molar-refractivity contribution >= 4 is 17.5 Å². The topological polar surface area (TPSA) is 55.2 Å². The van der Waals surface area contributed by atoms with Crippen LogP contribution < -0.4 is 4.90 Å². The molecule has 1 aliphatic carbocycles. The highest BCUT2D eigenvalue weighted by Crippen LogP contribution is 2.54. The molecule has 5 nitrogen and oxygen atoms in total. The average molecular weight is 524 g/mol. The lowest BCUT2D eigenvalue weighted by molar-refractivity contribution is 0.0926. The largest absolute Gasteiger partial charge is 0.337 e. The van der Waals surface area contributed by atoms with E-state index in [1.54, 1.807) is 24.3 Å². The molecule has 40 heavy (non-hydrogen) atoms. The Morgan fingerprint density at radius 1 is 0.675 bits per heavy atom.